The van der Waals surface area contributed by atoms with Crippen LogP contribution in [0.1, 0.15) is 27.2 Å². The van der Waals surface area contributed by atoms with Crippen molar-refractivity contribution in [1.82, 2.24) is 15.1 Å². The van der Waals surface area contributed by atoms with Crippen LogP contribution >= 0.6 is 0 Å². The maximum Gasteiger partial charge on any atom is 0.251 e. The number of hydrogen-bond donors (Lipinski definition) is 2. The quantitative estimate of drug-likeness (QED) is 0.824. The molecule has 2 rings (SSSR count). The molecule has 0 aliphatic rings. The Morgan fingerprint density at radius 2 is 2.24 bits per heavy atom. The van der Waals surface area contributed by atoms with Crippen LogP contribution in [0.5, 0.6) is 0 Å². The summed E-state index contributed by atoms with van der Waals surface area (Å²) in [6, 6.07) is 7.41. The van der Waals surface area contributed by atoms with E-state index < -0.39 is 0 Å². The first-order chi connectivity index (χ1) is 10.1. The van der Waals surface area contributed by atoms with Crippen molar-refractivity contribution in [3.05, 3.63) is 52.8 Å². The number of amides is 1. The highest BCUT2D eigenvalue weighted by atomic mass is 16.1. The molecule has 0 aliphatic heterocycles. The number of rotatable bonds is 3. The molecule has 2 aromatic rings. The van der Waals surface area contributed by atoms with E-state index in [1.165, 1.54) is 0 Å². The summed E-state index contributed by atoms with van der Waals surface area (Å²) >= 11 is 0. The van der Waals surface area contributed by atoms with E-state index in [0.717, 1.165) is 16.8 Å². The number of aromatic nitrogens is 2. The van der Waals surface area contributed by atoms with Gasteiger partial charge < -0.3 is 11.1 Å². The van der Waals surface area contributed by atoms with Crippen molar-refractivity contribution >= 4 is 5.91 Å². The Labute approximate surface area is 124 Å². The van der Waals surface area contributed by atoms with Gasteiger partial charge in [0.05, 0.1) is 18.8 Å². The number of nitrogens with one attached hydrogen (secondary N) is 1. The van der Waals surface area contributed by atoms with Gasteiger partial charge in [0.1, 0.15) is 0 Å². The lowest BCUT2D eigenvalue weighted by Gasteiger charge is -2.07. The van der Waals surface area contributed by atoms with Crippen molar-refractivity contribution in [2.24, 2.45) is 12.8 Å². The zero-order valence-electron chi connectivity index (χ0n) is 12.2. The van der Waals surface area contributed by atoms with E-state index in [1.807, 2.05) is 32.2 Å². The van der Waals surface area contributed by atoms with Crippen LogP contribution in [0.25, 0.3) is 0 Å². The van der Waals surface area contributed by atoms with Gasteiger partial charge in [-0.2, -0.15) is 5.10 Å². The summed E-state index contributed by atoms with van der Waals surface area (Å²) in [4.78, 5) is 12.2. The minimum Gasteiger partial charge on any atom is -0.346 e. The molecule has 0 fully saturated rings. The fourth-order valence-electron chi connectivity index (χ4n) is 1.99. The van der Waals surface area contributed by atoms with Gasteiger partial charge in [0.15, 0.2) is 0 Å². The lowest BCUT2D eigenvalue weighted by Crippen LogP contribution is -2.24. The van der Waals surface area contributed by atoms with Crippen molar-refractivity contribution in [1.29, 1.82) is 0 Å². The average molecular weight is 282 g/mol. The number of benzene rings is 1. The molecule has 0 unspecified atom stereocenters. The van der Waals surface area contributed by atoms with Crippen LogP contribution in [0.15, 0.2) is 30.5 Å². The summed E-state index contributed by atoms with van der Waals surface area (Å²) in [5.74, 6) is 5.62. The van der Waals surface area contributed by atoms with Gasteiger partial charge in [0, 0.05) is 24.4 Å². The van der Waals surface area contributed by atoms with Gasteiger partial charge >= 0.3 is 0 Å². The first-order valence-electron chi connectivity index (χ1n) is 6.66. The Hall–Kier alpha value is -2.58. The smallest absolute Gasteiger partial charge is 0.251 e. The lowest BCUT2D eigenvalue weighted by atomic mass is 10.1. The largest absolute Gasteiger partial charge is 0.346 e. The number of aryl methyl sites for hydroxylation is 2. The lowest BCUT2D eigenvalue weighted by molar-refractivity contribution is 0.0950. The van der Waals surface area contributed by atoms with Crippen molar-refractivity contribution in [3.63, 3.8) is 0 Å². The molecule has 5 nitrogen and oxygen atoms in total. The van der Waals surface area contributed by atoms with Gasteiger partial charge in [-0.1, -0.05) is 11.8 Å². The van der Waals surface area contributed by atoms with Gasteiger partial charge in [-0.05, 0) is 36.8 Å². The molecule has 0 saturated carbocycles. The molecule has 0 saturated heterocycles. The summed E-state index contributed by atoms with van der Waals surface area (Å²) < 4.78 is 1.73. The Morgan fingerprint density at radius 3 is 2.90 bits per heavy atom. The minimum atomic E-state index is -0.129. The first-order valence-corrected chi connectivity index (χ1v) is 6.66. The maximum atomic E-state index is 12.2. The molecule has 108 valence electrons. The van der Waals surface area contributed by atoms with E-state index in [2.05, 4.69) is 22.3 Å². The minimum absolute atomic E-state index is 0.129. The van der Waals surface area contributed by atoms with Gasteiger partial charge in [0.25, 0.3) is 5.91 Å². The van der Waals surface area contributed by atoms with Gasteiger partial charge in [-0.25, -0.2) is 0 Å². The van der Waals surface area contributed by atoms with Gasteiger partial charge in [0.2, 0.25) is 0 Å². The molecule has 21 heavy (non-hydrogen) atoms. The third-order valence-electron chi connectivity index (χ3n) is 3.03. The second-order valence-electron chi connectivity index (χ2n) is 4.72. The number of hydrogen-bond acceptors (Lipinski definition) is 3. The van der Waals surface area contributed by atoms with Crippen LogP contribution in [0, 0.1) is 18.8 Å². The van der Waals surface area contributed by atoms with E-state index >= 15 is 0 Å². The number of nitrogens with two attached hydrogens (primary N) is 1. The number of carbonyl (C=O) groups excluding carboxylic acids is 1. The van der Waals surface area contributed by atoms with E-state index in [4.69, 9.17) is 5.73 Å². The van der Waals surface area contributed by atoms with Crippen molar-refractivity contribution in [3.8, 4) is 11.8 Å². The van der Waals surface area contributed by atoms with Crippen molar-refractivity contribution in [2.75, 3.05) is 6.54 Å². The molecular weight excluding hydrogens is 264 g/mol. The van der Waals surface area contributed by atoms with Crippen LogP contribution in [0.3, 0.4) is 0 Å². The van der Waals surface area contributed by atoms with E-state index in [-0.39, 0.29) is 5.91 Å². The molecule has 0 aliphatic carbocycles. The normalized spacial score (nSPS) is 9.86. The topological polar surface area (TPSA) is 72.9 Å². The Kier molecular flexibility index (Phi) is 4.75. The summed E-state index contributed by atoms with van der Waals surface area (Å²) in [5.41, 5.74) is 8.69. The van der Waals surface area contributed by atoms with Gasteiger partial charge in [-0.3, -0.25) is 9.48 Å². The molecule has 0 bridgehead atoms. The molecule has 0 radical (unpaired) electrons. The molecular formula is C16H18N4O. The Balaban J connectivity index is 2.11. The fraction of sp³-hybridized carbons (Fsp3) is 0.250. The third-order valence-corrected chi connectivity index (χ3v) is 3.03. The van der Waals surface area contributed by atoms with Crippen LogP contribution in [-0.4, -0.2) is 22.2 Å². The molecule has 1 aromatic carbocycles. The first kappa shape index (κ1) is 14.8. The Bertz CT molecular complexity index is 707. The average Bonchev–Trinajstić information content (AvgIpc) is 2.87. The van der Waals surface area contributed by atoms with Crippen LogP contribution in [-0.2, 0) is 13.6 Å². The standard InChI is InChI=1S/C16H18N4O/c1-12-8-13(4-3-6-17)10-14(9-12)16(21)18-11-15-5-7-19-20(15)2/h5,7-10H,6,11,17H2,1-2H3,(H,18,21). The summed E-state index contributed by atoms with van der Waals surface area (Å²) in [6.07, 6.45) is 1.70. The molecule has 0 atom stereocenters. The summed E-state index contributed by atoms with van der Waals surface area (Å²) in [6.45, 7) is 2.68. The van der Waals surface area contributed by atoms with Gasteiger partial charge in [-0.15, -0.1) is 0 Å². The fourth-order valence-corrected chi connectivity index (χ4v) is 1.99. The van der Waals surface area contributed by atoms with Crippen molar-refractivity contribution < 1.29 is 4.79 Å². The van der Waals surface area contributed by atoms with Crippen LogP contribution in [0.2, 0.25) is 0 Å². The molecule has 1 aromatic heterocycles. The monoisotopic (exact) mass is 282 g/mol. The second kappa shape index (κ2) is 6.73. The highest BCUT2D eigenvalue weighted by molar-refractivity contribution is 5.94. The number of carbonyl (C=O) groups is 1. The van der Waals surface area contributed by atoms with E-state index in [0.29, 0.717) is 18.7 Å². The predicted molar refractivity (Wildman–Crippen MR) is 81.5 cm³/mol. The third kappa shape index (κ3) is 3.94. The van der Waals surface area contributed by atoms with Crippen LogP contribution in [0.4, 0.5) is 0 Å². The zero-order chi connectivity index (χ0) is 15.2. The number of nitrogens with zero attached hydrogens (tertiary/aromatic N) is 2. The molecule has 3 N–H and O–H groups in total. The SMILES string of the molecule is Cc1cc(C#CCN)cc(C(=O)NCc2ccnn2C)c1. The maximum absolute atomic E-state index is 12.2. The highest BCUT2D eigenvalue weighted by Gasteiger charge is 2.08. The molecule has 5 heteroatoms. The molecule has 1 amide bonds. The summed E-state index contributed by atoms with van der Waals surface area (Å²) in [7, 11) is 1.84. The van der Waals surface area contributed by atoms with E-state index in [9.17, 15) is 4.79 Å². The zero-order valence-corrected chi connectivity index (χ0v) is 12.2. The van der Waals surface area contributed by atoms with Crippen LogP contribution < -0.4 is 11.1 Å². The Morgan fingerprint density at radius 1 is 1.43 bits per heavy atom. The van der Waals surface area contributed by atoms with E-state index in [1.54, 1.807) is 16.9 Å². The predicted octanol–water partition coefficient (Wildman–Crippen LogP) is 0.969. The highest BCUT2D eigenvalue weighted by Crippen LogP contribution is 2.09. The molecule has 0 spiro atoms. The summed E-state index contributed by atoms with van der Waals surface area (Å²) in [5, 5.41) is 6.94. The van der Waals surface area contributed by atoms with Crippen molar-refractivity contribution in [2.45, 2.75) is 13.5 Å². The molecule has 1 heterocycles. The second-order valence-corrected chi connectivity index (χ2v) is 4.72.